The average molecular weight is 349 g/mol. The van der Waals surface area contributed by atoms with E-state index in [0.29, 0.717) is 10.6 Å². The van der Waals surface area contributed by atoms with Gasteiger partial charge in [-0.25, -0.2) is 4.79 Å². The maximum absolute atomic E-state index is 11.9. The fraction of sp³-hybridized carbons (Fsp3) is 0.125. The highest BCUT2D eigenvalue weighted by Crippen LogP contribution is 2.21. The third-order valence-corrected chi connectivity index (χ3v) is 3.34. The molecule has 0 radical (unpaired) electrons. The maximum atomic E-state index is 11.9. The van der Waals surface area contributed by atoms with Crippen LogP contribution in [0, 0.1) is 17.0 Å². The first-order valence-electron chi connectivity index (χ1n) is 6.84. The van der Waals surface area contributed by atoms with Crippen molar-refractivity contribution in [1.82, 2.24) is 0 Å². The van der Waals surface area contributed by atoms with E-state index in [1.807, 2.05) is 0 Å². The first-order valence-corrected chi connectivity index (χ1v) is 7.22. The molecule has 0 heterocycles. The van der Waals surface area contributed by atoms with Crippen LogP contribution in [0.15, 0.2) is 42.5 Å². The summed E-state index contributed by atoms with van der Waals surface area (Å²) >= 11 is 5.77. The Bertz CT molecular complexity index is 807. The molecule has 0 saturated heterocycles. The Labute approximate surface area is 142 Å². The molecule has 1 N–H and O–H groups in total. The van der Waals surface area contributed by atoms with Crippen LogP contribution in [-0.4, -0.2) is 23.4 Å². The molecule has 0 bridgehead atoms. The number of non-ortho nitro benzene ring substituents is 1. The molecule has 2 aromatic carbocycles. The van der Waals surface area contributed by atoms with Crippen molar-refractivity contribution in [1.29, 1.82) is 0 Å². The van der Waals surface area contributed by atoms with E-state index in [9.17, 15) is 19.7 Å². The number of nitrogens with one attached hydrogen (secondary N) is 1. The minimum absolute atomic E-state index is 0.146. The Morgan fingerprint density at radius 3 is 2.67 bits per heavy atom. The Hall–Kier alpha value is -2.93. The fourth-order valence-electron chi connectivity index (χ4n) is 1.87. The molecular weight excluding hydrogens is 336 g/mol. The van der Waals surface area contributed by atoms with E-state index < -0.39 is 23.4 Å². The number of nitro groups is 1. The van der Waals surface area contributed by atoms with Crippen LogP contribution in [0.2, 0.25) is 5.02 Å². The first-order chi connectivity index (χ1) is 11.4. The van der Waals surface area contributed by atoms with Gasteiger partial charge in [0.25, 0.3) is 11.6 Å². The van der Waals surface area contributed by atoms with Gasteiger partial charge in [-0.15, -0.1) is 0 Å². The number of anilines is 1. The van der Waals surface area contributed by atoms with Gasteiger partial charge in [-0.05, 0) is 30.7 Å². The number of rotatable bonds is 5. The molecule has 0 saturated carbocycles. The Balaban J connectivity index is 1.97. The zero-order valence-electron chi connectivity index (χ0n) is 12.6. The highest BCUT2D eigenvalue weighted by molar-refractivity contribution is 6.30. The molecule has 0 spiro atoms. The molecule has 0 fully saturated rings. The molecule has 0 aliphatic heterocycles. The molecule has 2 rings (SSSR count). The molecule has 1 amide bonds. The van der Waals surface area contributed by atoms with E-state index in [-0.39, 0.29) is 16.9 Å². The van der Waals surface area contributed by atoms with Gasteiger partial charge < -0.3 is 10.1 Å². The summed E-state index contributed by atoms with van der Waals surface area (Å²) in [6, 6.07) is 10.2. The Morgan fingerprint density at radius 1 is 1.25 bits per heavy atom. The number of benzene rings is 2. The molecule has 7 nitrogen and oxygen atoms in total. The molecule has 8 heteroatoms. The van der Waals surface area contributed by atoms with E-state index in [4.69, 9.17) is 16.3 Å². The zero-order chi connectivity index (χ0) is 17.7. The van der Waals surface area contributed by atoms with Gasteiger partial charge in [0.05, 0.1) is 16.2 Å². The number of amides is 1. The third-order valence-electron chi connectivity index (χ3n) is 3.10. The normalized spacial score (nSPS) is 10.1. The zero-order valence-corrected chi connectivity index (χ0v) is 13.4. The second-order valence-corrected chi connectivity index (χ2v) is 5.33. The maximum Gasteiger partial charge on any atom is 0.338 e. The van der Waals surface area contributed by atoms with Crippen molar-refractivity contribution in [3.63, 3.8) is 0 Å². The molecule has 2 aromatic rings. The van der Waals surface area contributed by atoms with Gasteiger partial charge in [-0.3, -0.25) is 14.9 Å². The van der Waals surface area contributed by atoms with E-state index in [0.717, 1.165) is 0 Å². The van der Waals surface area contributed by atoms with Gasteiger partial charge in [0.2, 0.25) is 0 Å². The molecule has 0 aliphatic carbocycles. The number of esters is 1. The van der Waals surface area contributed by atoms with Crippen molar-refractivity contribution in [3.05, 3.63) is 68.7 Å². The fourth-order valence-corrected chi connectivity index (χ4v) is 2.06. The minimum atomic E-state index is -0.691. The van der Waals surface area contributed by atoms with Crippen molar-refractivity contribution in [2.75, 3.05) is 11.9 Å². The highest BCUT2D eigenvalue weighted by Gasteiger charge is 2.13. The average Bonchev–Trinajstić information content (AvgIpc) is 2.54. The standard InChI is InChI=1S/C16H13ClN2O5/c1-10-5-6-13(19(22)23)8-14(10)18-15(20)9-24-16(21)11-3-2-4-12(17)7-11/h2-8H,9H2,1H3,(H,18,20). The van der Waals surface area contributed by atoms with Crippen molar-refractivity contribution >= 4 is 34.9 Å². The van der Waals surface area contributed by atoms with E-state index >= 15 is 0 Å². The first kappa shape index (κ1) is 17.4. The summed E-state index contributed by atoms with van der Waals surface area (Å²) in [7, 11) is 0. The lowest BCUT2D eigenvalue weighted by molar-refractivity contribution is -0.384. The summed E-state index contributed by atoms with van der Waals surface area (Å²) in [4.78, 5) is 33.9. The number of hydrogen-bond donors (Lipinski definition) is 1. The van der Waals surface area contributed by atoms with Gasteiger partial charge in [0, 0.05) is 17.2 Å². The van der Waals surface area contributed by atoms with E-state index in [2.05, 4.69) is 5.32 Å². The van der Waals surface area contributed by atoms with Crippen molar-refractivity contribution < 1.29 is 19.2 Å². The summed E-state index contributed by atoms with van der Waals surface area (Å²) < 4.78 is 4.89. The van der Waals surface area contributed by atoms with E-state index in [1.165, 1.54) is 30.3 Å². The number of nitrogens with zero attached hydrogens (tertiary/aromatic N) is 1. The summed E-state index contributed by atoms with van der Waals surface area (Å²) in [5, 5.41) is 13.6. The van der Waals surface area contributed by atoms with Crippen LogP contribution in [0.3, 0.4) is 0 Å². The lowest BCUT2D eigenvalue weighted by Crippen LogP contribution is -2.21. The van der Waals surface area contributed by atoms with Crippen LogP contribution >= 0.6 is 11.6 Å². The molecule has 0 aliphatic rings. The molecule has 0 atom stereocenters. The van der Waals surface area contributed by atoms with Crippen LogP contribution in [0.4, 0.5) is 11.4 Å². The number of carbonyl (C=O) groups is 2. The van der Waals surface area contributed by atoms with Gasteiger partial charge in [-0.1, -0.05) is 23.7 Å². The highest BCUT2D eigenvalue weighted by atomic mass is 35.5. The largest absolute Gasteiger partial charge is 0.452 e. The number of aryl methyl sites for hydroxylation is 1. The summed E-state index contributed by atoms with van der Waals surface area (Å²) in [6.45, 7) is 1.17. The van der Waals surface area contributed by atoms with Gasteiger partial charge >= 0.3 is 5.97 Å². The lowest BCUT2D eigenvalue weighted by Gasteiger charge is -2.09. The predicted octanol–water partition coefficient (Wildman–Crippen LogP) is 3.35. The van der Waals surface area contributed by atoms with E-state index in [1.54, 1.807) is 19.1 Å². The van der Waals surface area contributed by atoms with Gasteiger partial charge in [0.1, 0.15) is 0 Å². The van der Waals surface area contributed by atoms with Crippen LogP contribution in [0.5, 0.6) is 0 Å². The molecular formula is C16H13ClN2O5. The second kappa shape index (κ2) is 7.56. The van der Waals surface area contributed by atoms with Crippen LogP contribution in [-0.2, 0) is 9.53 Å². The van der Waals surface area contributed by atoms with Gasteiger partial charge in [-0.2, -0.15) is 0 Å². The number of ether oxygens (including phenoxy) is 1. The topological polar surface area (TPSA) is 98.5 Å². The number of halogens is 1. The second-order valence-electron chi connectivity index (χ2n) is 4.89. The SMILES string of the molecule is Cc1ccc([N+](=O)[O-])cc1NC(=O)COC(=O)c1cccc(Cl)c1. The van der Waals surface area contributed by atoms with Crippen molar-refractivity contribution in [3.8, 4) is 0 Å². The Morgan fingerprint density at radius 2 is 2.00 bits per heavy atom. The van der Waals surface area contributed by atoms with Crippen molar-refractivity contribution in [2.24, 2.45) is 0 Å². The molecule has 124 valence electrons. The number of carbonyl (C=O) groups excluding carboxylic acids is 2. The van der Waals surface area contributed by atoms with Crippen LogP contribution < -0.4 is 5.32 Å². The monoisotopic (exact) mass is 348 g/mol. The number of hydrogen-bond acceptors (Lipinski definition) is 5. The van der Waals surface area contributed by atoms with Gasteiger partial charge in [0.15, 0.2) is 6.61 Å². The van der Waals surface area contributed by atoms with Crippen LogP contribution in [0.25, 0.3) is 0 Å². The lowest BCUT2D eigenvalue weighted by atomic mass is 10.2. The van der Waals surface area contributed by atoms with Crippen LogP contribution in [0.1, 0.15) is 15.9 Å². The minimum Gasteiger partial charge on any atom is -0.452 e. The summed E-state index contributed by atoms with van der Waals surface area (Å²) in [6.07, 6.45) is 0. The smallest absolute Gasteiger partial charge is 0.338 e. The summed E-state index contributed by atoms with van der Waals surface area (Å²) in [5.74, 6) is -1.29. The molecule has 0 unspecified atom stereocenters. The van der Waals surface area contributed by atoms with Crippen molar-refractivity contribution in [2.45, 2.75) is 6.92 Å². The summed E-state index contributed by atoms with van der Waals surface area (Å²) in [5.41, 5.74) is 1.01. The molecule has 0 aromatic heterocycles. The Kier molecular flexibility index (Phi) is 5.49. The number of nitro benzene ring substituents is 1. The predicted molar refractivity (Wildman–Crippen MR) is 88.2 cm³/mol. The third kappa shape index (κ3) is 4.53. The quantitative estimate of drug-likeness (QED) is 0.507. The molecule has 24 heavy (non-hydrogen) atoms.